The first-order valence-corrected chi connectivity index (χ1v) is 3.76. The molecule has 0 spiro atoms. The van der Waals surface area contributed by atoms with Gasteiger partial charge in [0.15, 0.2) is 5.60 Å². The van der Waals surface area contributed by atoms with E-state index in [0.29, 0.717) is 0 Å². The van der Waals surface area contributed by atoms with Gasteiger partial charge in [-0.15, -0.1) is 0 Å². The maximum atomic E-state index is 10.5. The SMILES string of the molecule is O=C(O)C1(O)C[C@@H](O)C[C@H](O)C1. The molecule has 1 saturated carbocycles. The van der Waals surface area contributed by atoms with Crippen LogP contribution in [0.15, 0.2) is 0 Å². The minimum atomic E-state index is -1.96. The molecule has 4 N–H and O–H groups in total. The zero-order valence-electron chi connectivity index (χ0n) is 6.47. The average Bonchev–Trinajstić information content (AvgIpc) is 1.82. The summed E-state index contributed by atoms with van der Waals surface area (Å²) in [6, 6.07) is 0. The summed E-state index contributed by atoms with van der Waals surface area (Å²) in [7, 11) is 0. The van der Waals surface area contributed by atoms with Crippen molar-refractivity contribution in [3.05, 3.63) is 0 Å². The van der Waals surface area contributed by atoms with Crippen molar-refractivity contribution in [3.8, 4) is 0 Å². The van der Waals surface area contributed by atoms with Crippen molar-refractivity contribution in [2.75, 3.05) is 0 Å². The molecule has 0 aliphatic heterocycles. The molecule has 1 fully saturated rings. The van der Waals surface area contributed by atoms with Crippen LogP contribution in [-0.4, -0.2) is 44.2 Å². The maximum absolute atomic E-state index is 10.5. The highest BCUT2D eigenvalue weighted by atomic mass is 16.4. The van der Waals surface area contributed by atoms with Gasteiger partial charge in [0.25, 0.3) is 0 Å². The molecule has 0 unspecified atom stereocenters. The molecule has 0 bridgehead atoms. The minimum absolute atomic E-state index is 0.135. The van der Waals surface area contributed by atoms with Crippen LogP contribution in [-0.2, 0) is 4.79 Å². The van der Waals surface area contributed by atoms with E-state index in [1.54, 1.807) is 0 Å². The fraction of sp³-hybridized carbons (Fsp3) is 0.857. The number of aliphatic hydroxyl groups is 3. The molecule has 70 valence electrons. The van der Waals surface area contributed by atoms with E-state index in [2.05, 4.69) is 0 Å². The molecule has 5 nitrogen and oxygen atoms in total. The number of hydrogen-bond donors (Lipinski definition) is 4. The number of aliphatic carboxylic acids is 1. The molecule has 1 aliphatic carbocycles. The summed E-state index contributed by atoms with van der Waals surface area (Å²) in [6.07, 6.45) is -2.15. The van der Waals surface area contributed by atoms with Gasteiger partial charge in [-0.25, -0.2) is 4.79 Å². The zero-order chi connectivity index (χ0) is 9.35. The van der Waals surface area contributed by atoms with Gasteiger partial charge in [-0.05, 0) is 6.42 Å². The van der Waals surface area contributed by atoms with E-state index in [4.69, 9.17) is 15.3 Å². The van der Waals surface area contributed by atoms with Crippen LogP contribution in [0.5, 0.6) is 0 Å². The molecule has 0 aromatic heterocycles. The summed E-state index contributed by atoms with van der Waals surface area (Å²) >= 11 is 0. The Kier molecular flexibility index (Phi) is 2.36. The molecule has 1 aliphatic rings. The van der Waals surface area contributed by atoms with Crippen molar-refractivity contribution in [3.63, 3.8) is 0 Å². The molecule has 0 saturated heterocycles. The normalized spacial score (nSPS) is 42.6. The Morgan fingerprint density at radius 3 is 2.00 bits per heavy atom. The number of rotatable bonds is 1. The lowest BCUT2D eigenvalue weighted by Gasteiger charge is -2.33. The standard InChI is InChI=1S/C7H12O5/c8-4-1-5(9)3-7(12,2-4)6(10)11/h4-5,8-9,12H,1-3H2,(H,10,11)/t4-,5-/m0/s1. The zero-order valence-corrected chi connectivity index (χ0v) is 6.47. The first-order valence-electron chi connectivity index (χ1n) is 3.76. The minimum Gasteiger partial charge on any atom is -0.479 e. The number of carboxylic acids is 1. The van der Waals surface area contributed by atoms with Crippen molar-refractivity contribution >= 4 is 5.97 Å². The van der Waals surface area contributed by atoms with Crippen molar-refractivity contribution < 1.29 is 25.2 Å². The molecular formula is C7H12O5. The highest BCUT2D eigenvalue weighted by Crippen LogP contribution is 2.28. The second-order valence-corrected chi connectivity index (χ2v) is 3.29. The van der Waals surface area contributed by atoms with Gasteiger partial charge in [0, 0.05) is 12.8 Å². The summed E-state index contributed by atoms with van der Waals surface area (Å²) in [5.41, 5.74) is -1.96. The summed E-state index contributed by atoms with van der Waals surface area (Å²) in [6.45, 7) is 0. The van der Waals surface area contributed by atoms with Crippen molar-refractivity contribution in [2.24, 2.45) is 0 Å². The second-order valence-electron chi connectivity index (χ2n) is 3.29. The van der Waals surface area contributed by atoms with Crippen LogP contribution in [0, 0.1) is 0 Å². The van der Waals surface area contributed by atoms with Crippen LogP contribution < -0.4 is 0 Å². The van der Waals surface area contributed by atoms with Gasteiger partial charge in [0.2, 0.25) is 0 Å². The largest absolute Gasteiger partial charge is 0.479 e. The van der Waals surface area contributed by atoms with Crippen LogP contribution in [0.2, 0.25) is 0 Å². The van der Waals surface area contributed by atoms with Gasteiger partial charge >= 0.3 is 5.97 Å². The Morgan fingerprint density at radius 1 is 1.25 bits per heavy atom. The topological polar surface area (TPSA) is 98.0 Å². The van der Waals surface area contributed by atoms with Gasteiger partial charge in [-0.1, -0.05) is 0 Å². The van der Waals surface area contributed by atoms with E-state index >= 15 is 0 Å². The Labute approximate surface area is 69.3 Å². The van der Waals surface area contributed by atoms with Gasteiger partial charge in [-0.3, -0.25) is 0 Å². The third kappa shape index (κ3) is 1.74. The molecule has 0 aromatic rings. The lowest BCUT2D eigenvalue weighted by molar-refractivity contribution is -0.172. The molecule has 0 radical (unpaired) electrons. The summed E-state index contributed by atoms with van der Waals surface area (Å²) < 4.78 is 0. The fourth-order valence-corrected chi connectivity index (χ4v) is 1.52. The van der Waals surface area contributed by atoms with E-state index in [9.17, 15) is 9.90 Å². The first kappa shape index (κ1) is 9.44. The highest BCUT2D eigenvalue weighted by Gasteiger charge is 2.44. The Morgan fingerprint density at radius 2 is 1.67 bits per heavy atom. The van der Waals surface area contributed by atoms with Crippen LogP contribution in [0.1, 0.15) is 19.3 Å². The fourth-order valence-electron chi connectivity index (χ4n) is 1.52. The molecular weight excluding hydrogens is 164 g/mol. The molecule has 12 heavy (non-hydrogen) atoms. The van der Waals surface area contributed by atoms with Gasteiger partial charge < -0.3 is 20.4 Å². The van der Waals surface area contributed by atoms with E-state index < -0.39 is 23.8 Å². The van der Waals surface area contributed by atoms with Gasteiger partial charge in [-0.2, -0.15) is 0 Å². The molecule has 0 heterocycles. The summed E-state index contributed by atoms with van der Waals surface area (Å²) in [4.78, 5) is 10.5. The van der Waals surface area contributed by atoms with Crippen molar-refractivity contribution in [1.29, 1.82) is 0 Å². The lowest BCUT2D eigenvalue weighted by atomic mass is 9.81. The van der Waals surface area contributed by atoms with E-state index in [1.165, 1.54) is 0 Å². The van der Waals surface area contributed by atoms with Crippen LogP contribution in [0.25, 0.3) is 0 Å². The smallest absolute Gasteiger partial charge is 0.335 e. The first-order chi connectivity index (χ1) is 5.44. The Hall–Kier alpha value is -0.650. The van der Waals surface area contributed by atoms with Gasteiger partial charge in [0.05, 0.1) is 12.2 Å². The molecule has 0 amide bonds. The van der Waals surface area contributed by atoms with Crippen LogP contribution in [0.3, 0.4) is 0 Å². The van der Waals surface area contributed by atoms with E-state index in [-0.39, 0.29) is 19.3 Å². The number of carbonyl (C=O) groups is 1. The number of aliphatic hydroxyl groups excluding tert-OH is 2. The van der Waals surface area contributed by atoms with Crippen molar-refractivity contribution in [2.45, 2.75) is 37.1 Å². The molecule has 5 heteroatoms. The number of hydrogen-bond acceptors (Lipinski definition) is 4. The monoisotopic (exact) mass is 176 g/mol. The maximum Gasteiger partial charge on any atom is 0.335 e. The second kappa shape index (κ2) is 3.01. The average molecular weight is 176 g/mol. The molecule has 0 aromatic carbocycles. The van der Waals surface area contributed by atoms with Crippen LogP contribution >= 0.6 is 0 Å². The summed E-state index contributed by atoms with van der Waals surface area (Å²) in [5, 5.41) is 36.1. The summed E-state index contributed by atoms with van der Waals surface area (Å²) in [5.74, 6) is -1.39. The lowest BCUT2D eigenvalue weighted by Crippen LogP contribution is -2.49. The highest BCUT2D eigenvalue weighted by molar-refractivity contribution is 5.77. The van der Waals surface area contributed by atoms with E-state index in [0.717, 1.165) is 0 Å². The third-order valence-corrected chi connectivity index (χ3v) is 2.09. The Bertz CT molecular complexity index is 180. The predicted molar refractivity (Wildman–Crippen MR) is 38.5 cm³/mol. The number of carboxylic acid groups (broad SMARTS) is 1. The van der Waals surface area contributed by atoms with Crippen molar-refractivity contribution in [1.82, 2.24) is 0 Å². The van der Waals surface area contributed by atoms with Crippen LogP contribution in [0.4, 0.5) is 0 Å². The predicted octanol–water partition coefficient (Wildman–Crippen LogP) is -1.29. The molecule has 1 rings (SSSR count). The Balaban J connectivity index is 2.71. The van der Waals surface area contributed by atoms with E-state index in [1.807, 2.05) is 0 Å². The third-order valence-electron chi connectivity index (χ3n) is 2.09. The van der Waals surface area contributed by atoms with Gasteiger partial charge in [0.1, 0.15) is 0 Å². The quantitative estimate of drug-likeness (QED) is 0.398. The molecule has 2 atom stereocenters.